The van der Waals surface area contributed by atoms with E-state index in [1.807, 2.05) is 0 Å². The predicted molar refractivity (Wildman–Crippen MR) is 110 cm³/mol. The number of amides is 3. The highest BCUT2D eigenvalue weighted by Crippen LogP contribution is 2.38. The minimum atomic E-state index is -1.32. The summed E-state index contributed by atoms with van der Waals surface area (Å²) in [5.74, 6) is -2.13. The van der Waals surface area contributed by atoms with Gasteiger partial charge >= 0.3 is 0 Å². The van der Waals surface area contributed by atoms with Gasteiger partial charge in [0.05, 0.1) is 12.4 Å². The van der Waals surface area contributed by atoms with Gasteiger partial charge in [-0.1, -0.05) is 0 Å². The van der Waals surface area contributed by atoms with Gasteiger partial charge in [0.2, 0.25) is 11.8 Å². The number of hydrogen-bond acceptors (Lipinski definition) is 5. The lowest BCUT2D eigenvalue weighted by Crippen LogP contribution is -2.65. The van der Waals surface area contributed by atoms with Gasteiger partial charge in [-0.05, 0) is 65.7 Å². The van der Waals surface area contributed by atoms with Crippen molar-refractivity contribution in [1.82, 2.24) is 10.6 Å². The second kappa shape index (κ2) is 8.58. The van der Waals surface area contributed by atoms with Gasteiger partial charge in [-0.15, -0.1) is 0 Å². The molecule has 1 aliphatic carbocycles. The van der Waals surface area contributed by atoms with Crippen molar-refractivity contribution in [2.45, 2.75) is 31.2 Å². The third-order valence-corrected chi connectivity index (χ3v) is 6.35. The molecule has 5 N–H and O–H groups in total. The van der Waals surface area contributed by atoms with Crippen molar-refractivity contribution >= 4 is 45.1 Å². The summed E-state index contributed by atoms with van der Waals surface area (Å²) in [5, 5.41) is 8.34. The van der Waals surface area contributed by atoms with E-state index < -0.39 is 23.2 Å². The smallest absolute Gasteiger partial charge is 0.267 e. The van der Waals surface area contributed by atoms with Crippen LogP contribution < -0.4 is 21.7 Å². The summed E-state index contributed by atoms with van der Waals surface area (Å²) < 4.78 is 13.7. The van der Waals surface area contributed by atoms with E-state index in [0.29, 0.717) is 35.8 Å². The molecule has 10 heteroatoms. The van der Waals surface area contributed by atoms with E-state index in [9.17, 15) is 18.8 Å². The molecule has 3 amide bonds. The molecule has 156 valence electrons. The van der Waals surface area contributed by atoms with Crippen LogP contribution in [0.4, 0.5) is 10.1 Å². The third-order valence-electron chi connectivity index (χ3n) is 5.70. The molecule has 0 bridgehead atoms. The highest BCUT2D eigenvalue weighted by molar-refractivity contribution is 9.10. The minimum Gasteiger partial charge on any atom is -0.368 e. The number of aliphatic imine (C=N–C) groups is 1. The average Bonchev–Trinajstić information content (AvgIpc) is 3.16. The number of halogens is 2. The Morgan fingerprint density at radius 3 is 2.55 bits per heavy atom. The first kappa shape index (κ1) is 21.4. The molecule has 0 saturated heterocycles. The molecule has 0 spiro atoms. The molecule has 0 aromatic heterocycles. The number of nitrogens with zero attached hydrogens (tertiary/aromatic N) is 1. The molecule has 1 aromatic carbocycles. The molecule has 1 heterocycles. The summed E-state index contributed by atoms with van der Waals surface area (Å²) in [4.78, 5) is 41.4. The Morgan fingerprint density at radius 1 is 1.28 bits per heavy atom. The molecule has 1 aromatic rings. The Labute approximate surface area is 176 Å². The molecule has 2 aliphatic rings. The normalized spacial score (nSPS) is 26.5. The standard InChI is InChI=1S/C19H23BrFN5O3/c1-23-17(28)15-19(18(22)29,25-9-24-15)11-4-2-10(3-5-11)16(27)26-14-7-6-12(21)8-13(14)20/h6-8,10-11,25H,2-5,9H2,1H3,(H2,22,29)(H,23,28)(H,26,27). The summed E-state index contributed by atoms with van der Waals surface area (Å²) in [7, 11) is 1.48. The molecule has 0 radical (unpaired) electrons. The summed E-state index contributed by atoms with van der Waals surface area (Å²) in [6.07, 6.45) is 2.14. The molecule has 3 rings (SSSR count). The molecule has 8 nitrogen and oxygen atoms in total. The lowest BCUT2D eigenvalue weighted by Gasteiger charge is -2.39. The van der Waals surface area contributed by atoms with Crippen molar-refractivity contribution < 1.29 is 18.8 Å². The van der Waals surface area contributed by atoms with Crippen LogP contribution in [0.5, 0.6) is 0 Å². The maximum absolute atomic E-state index is 13.2. The highest BCUT2D eigenvalue weighted by atomic mass is 79.9. The predicted octanol–water partition coefficient (Wildman–Crippen LogP) is 1.30. The number of rotatable bonds is 5. The number of primary amides is 1. The van der Waals surface area contributed by atoms with Gasteiger partial charge in [-0.3, -0.25) is 24.7 Å². The van der Waals surface area contributed by atoms with E-state index in [1.165, 1.54) is 25.2 Å². The average molecular weight is 468 g/mol. The number of benzene rings is 1. The Bertz CT molecular complexity index is 869. The quantitative estimate of drug-likeness (QED) is 0.520. The Kier molecular flexibility index (Phi) is 6.33. The van der Waals surface area contributed by atoms with Crippen molar-refractivity contribution in [2.24, 2.45) is 22.6 Å². The van der Waals surface area contributed by atoms with Crippen LogP contribution in [0.2, 0.25) is 0 Å². The van der Waals surface area contributed by atoms with E-state index in [0.717, 1.165) is 0 Å². The van der Waals surface area contributed by atoms with E-state index >= 15 is 0 Å². The fraction of sp³-hybridized carbons (Fsp3) is 0.474. The zero-order chi connectivity index (χ0) is 21.2. The fourth-order valence-electron chi connectivity index (χ4n) is 4.18. The molecule has 29 heavy (non-hydrogen) atoms. The zero-order valence-corrected chi connectivity index (χ0v) is 17.5. The maximum Gasteiger partial charge on any atom is 0.267 e. The highest BCUT2D eigenvalue weighted by Gasteiger charge is 2.54. The monoisotopic (exact) mass is 467 g/mol. The lowest BCUT2D eigenvalue weighted by atomic mass is 9.69. The van der Waals surface area contributed by atoms with E-state index in [1.54, 1.807) is 0 Å². The van der Waals surface area contributed by atoms with Gasteiger partial charge in [0, 0.05) is 17.4 Å². The first-order valence-corrected chi connectivity index (χ1v) is 10.2. The third kappa shape index (κ3) is 4.04. The van der Waals surface area contributed by atoms with Crippen molar-refractivity contribution in [3.8, 4) is 0 Å². The van der Waals surface area contributed by atoms with Gasteiger partial charge in [-0.2, -0.15) is 0 Å². The molecule has 1 atom stereocenters. The topological polar surface area (TPSA) is 126 Å². The number of nitrogens with two attached hydrogens (primary N) is 1. The second-order valence-electron chi connectivity index (χ2n) is 7.25. The molecular weight excluding hydrogens is 445 g/mol. The molecular formula is C19H23BrFN5O3. The van der Waals surface area contributed by atoms with Crippen molar-refractivity contribution in [3.63, 3.8) is 0 Å². The lowest BCUT2D eigenvalue weighted by molar-refractivity contribution is -0.126. The van der Waals surface area contributed by atoms with Crippen LogP contribution in [0.3, 0.4) is 0 Å². The first-order valence-electron chi connectivity index (χ1n) is 9.37. The van der Waals surface area contributed by atoms with E-state index in [4.69, 9.17) is 5.73 Å². The molecule has 1 saturated carbocycles. The van der Waals surface area contributed by atoms with E-state index in [2.05, 4.69) is 36.9 Å². The first-order chi connectivity index (χ1) is 13.8. The molecule has 1 fully saturated rings. The van der Waals surface area contributed by atoms with Crippen molar-refractivity contribution in [3.05, 3.63) is 28.5 Å². The Morgan fingerprint density at radius 2 is 1.97 bits per heavy atom. The minimum absolute atomic E-state index is 0.107. The zero-order valence-electron chi connectivity index (χ0n) is 15.9. The van der Waals surface area contributed by atoms with Crippen LogP contribution in [-0.2, 0) is 14.4 Å². The van der Waals surface area contributed by atoms with Crippen LogP contribution >= 0.6 is 15.9 Å². The summed E-state index contributed by atoms with van der Waals surface area (Å²) in [6, 6.07) is 4.06. The summed E-state index contributed by atoms with van der Waals surface area (Å²) >= 11 is 3.24. The van der Waals surface area contributed by atoms with E-state index in [-0.39, 0.29) is 30.1 Å². The number of carbonyl (C=O) groups excluding carboxylic acids is 3. The van der Waals surface area contributed by atoms with Gasteiger partial charge in [0.1, 0.15) is 17.1 Å². The van der Waals surface area contributed by atoms with Gasteiger partial charge in [-0.25, -0.2) is 4.39 Å². The summed E-state index contributed by atoms with van der Waals surface area (Å²) in [6.45, 7) is 0.144. The van der Waals surface area contributed by atoms with Gasteiger partial charge in [0.25, 0.3) is 5.91 Å². The number of hydrogen-bond donors (Lipinski definition) is 4. The Balaban J connectivity index is 1.69. The Hall–Kier alpha value is -2.33. The van der Waals surface area contributed by atoms with Gasteiger partial charge < -0.3 is 16.4 Å². The fourth-order valence-corrected chi connectivity index (χ4v) is 4.63. The molecule has 1 aliphatic heterocycles. The van der Waals surface area contributed by atoms with Crippen LogP contribution in [0, 0.1) is 17.7 Å². The SMILES string of the molecule is CNC(=O)C1=NCNC1(C(N)=O)C1CCC(C(=O)Nc2ccc(F)cc2Br)CC1. The van der Waals surface area contributed by atoms with Crippen LogP contribution in [0.1, 0.15) is 25.7 Å². The largest absolute Gasteiger partial charge is 0.368 e. The maximum atomic E-state index is 13.2. The van der Waals surface area contributed by atoms with Crippen LogP contribution in [-0.4, -0.2) is 42.7 Å². The summed E-state index contributed by atoms with van der Waals surface area (Å²) in [5.41, 5.74) is 4.98. The molecule has 1 unspecified atom stereocenters. The van der Waals surface area contributed by atoms with Crippen LogP contribution in [0.15, 0.2) is 27.7 Å². The second-order valence-corrected chi connectivity index (χ2v) is 8.11. The van der Waals surface area contributed by atoms with Crippen molar-refractivity contribution in [2.75, 3.05) is 19.0 Å². The number of nitrogens with one attached hydrogen (secondary N) is 3. The number of carbonyl (C=O) groups is 3. The van der Waals surface area contributed by atoms with Crippen LogP contribution in [0.25, 0.3) is 0 Å². The van der Waals surface area contributed by atoms with Crippen molar-refractivity contribution in [1.29, 1.82) is 0 Å². The number of anilines is 1. The van der Waals surface area contributed by atoms with Gasteiger partial charge in [0.15, 0.2) is 0 Å².